The van der Waals surface area contributed by atoms with Gasteiger partial charge in [0.25, 0.3) is 10.0 Å². The lowest BCUT2D eigenvalue weighted by Crippen LogP contribution is -2.42. The summed E-state index contributed by atoms with van der Waals surface area (Å²) in [5.41, 5.74) is 0.671. The number of carbonyl (C=O) groups is 1. The zero-order chi connectivity index (χ0) is 18.3. The standard InChI is InChI=1S/C17H15ClN2O3S3/c18-15-5-6-16(25-15)26(22,23)20-8-1-2-13(20)17(21)19-12-3-4-14-11(10-12)7-9-24-14/h3-7,9-10,13H,1-2,8H2,(H,19,21)/t13-/m0/s1. The lowest BCUT2D eigenvalue weighted by Gasteiger charge is -2.22. The average Bonchev–Trinajstić information content (AvgIpc) is 3.34. The van der Waals surface area contributed by atoms with Gasteiger partial charge in [0.05, 0.1) is 4.34 Å². The summed E-state index contributed by atoms with van der Waals surface area (Å²) in [6, 6.07) is 10.0. The van der Waals surface area contributed by atoms with Crippen LogP contribution in [0.1, 0.15) is 12.8 Å². The molecule has 4 rings (SSSR count). The molecule has 3 heterocycles. The monoisotopic (exact) mass is 426 g/mol. The van der Waals surface area contributed by atoms with E-state index in [4.69, 9.17) is 11.6 Å². The molecule has 9 heteroatoms. The SMILES string of the molecule is O=C(Nc1ccc2sccc2c1)[C@@H]1CCCN1S(=O)(=O)c1ccc(Cl)s1. The van der Waals surface area contributed by atoms with Crippen molar-refractivity contribution >= 4 is 66.0 Å². The number of benzene rings is 1. The van der Waals surface area contributed by atoms with E-state index in [2.05, 4.69) is 5.32 Å². The topological polar surface area (TPSA) is 66.5 Å². The number of carbonyl (C=O) groups excluding carboxylic acids is 1. The molecular weight excluding hydrogens is 412 g/mol. The van der Waals surface area contributed by atoms with Crippen molar-refractivity contribution in [1.29, 1.82) is 0 Å². The van der Waals surface area contributed by atoms with E-state index in [0.717, 1.165) is 21.4 Å². The Morgan fingerprint density at radius 2 is 2.08 bits per heavy atom. The molecule has 1 N–H and O–H groups in total. The predicted molar refractivity (Wildman–Crippen MR) is 107 cm³/mol. The van der Waals surface area contributed by atoms with E-state index in [1.807, 2.05) is 29.6 Å². The molecule has 2 aromatic heterocycles. The van der Waals surface area contributed by atoms with Crippen LogP contribution in [0.2, 0.25) is 4.34 Å². The number of hydrogen-bond acceptors (Lipinski definition) is 5. The Labute approximate surface area is 164 Å². The lowest BCUT2D eigenvalue weighted by molar-refractivity contribution is -0.119. The van der Waals surface area contributed by atoms with Crippen LogP contribution in [-0.2, 0) is 14.8 Å². The Morgan fingerprint density at radius 1 is 1.23 bits per heavy atom. The maximum atomic E-state index is 12.9. The second-order valence-corrected chi connectivity index (χ2v) is 10.8. The van der Waals surface area contributed by atoms with Crippen molar-refractivity contribution in [2.24, 2.45) is 0 Å². The van der Waals surface area contributed by atoms with Crippen LogP contribution in [0, 0.1) is 0 Å². The molecule has 0 unspecified atom stereocenters. The Morgan fingerprint density at radius 3 is 2.85 bits per heavy atom. The van der Waals surface area contributed by atoms with Crippen molar-refractivity contribution < 1.29 is 13.2 Å². The summed E-state index contributed by atoms with van der Waals surface area (Å²) >= 11 is 8.52. The smallest absolute Gasteiger partial charge is 0.253 e. The fourth-order valence-electron chi connectivity index (χ4n) is 3.11. The van der Waals surface area contributed by atoms with Gasteiger partial charge in [-0.3, -0.25) is 4.79 Å². The Balaban J connectivity index is 1.56. The van der Waals surface area contributed by atoms with Crippen molar-refractivity contribution in [3.8, 4) is 0 Å². The molecule has 1 fully saturated rings. The highest BCUT2D eigenvalue weighted by molar-refractivity contribution is 7.91. The highest BCUT2D eigenvalue weighted by Gasteiger charge is 2.40. The van der Waals surface area contributed by atoms with E-state index in [1.165, 1.54) is 10.4 Å². The molecule has 0 radical (unpaired) electrons. The van der Waals surface area contributed by atoms with Crippen molar-refractivity contribution in [3.05, 3.63) is 46.1 Å². The third kappa shape index (κ3) is 3.27. The molecule has 0 aliphatic carbocycles. The zero-order valence-electron chi connectivity index (χ0n) is 13.5. The van der Waals surface area contributed by atoms with Crippen LogP contribution in [0.15, 0.2) is 46.0 Å². The van der Waals surface area contributed by atoms with Crippen LogP contribution in [0.5, 0.6) is 0 Å². The minimum atomic E-state index is -3.72. The number of anilines is 1. The van der Waals surface area contributed by atoms with Crippen LogP contribution in [0.25, 0.3) is 10.1 Å². The number of rotatable bonds is 4. The number of fused-ring (bicyclic) bond motifs is 1. The number of sulfonamides is 1. The van der Waals surface area contributed by atoms with Crippen molar-refractivity contribution in [1.82, 2.24) is 4.31 Å². The van der Waals surface area contributed by atoms with Crippen LogP contribution >= 0.6 is 34.3 Å². The first kappa shape index (κ1) is 17.9. The Kier molecular flexibility index (Phi) is 4.79. The number of hydrogen-bond donors (Lipinski definition) is 1. The number of nitrogens with zero attached hydrogens (tertiary/aromatic N) is 1. The number of nitrogens with one attached hydrogen (secondary N) is 1. The first-order chi connectivity index (χ1) is 12.4. The Hall–Kier alpha value is -1.45. The van der Waals surface area contributed by atoms with Crippen LogP contribution in [-0.4, -0.2) is 31.2 Å². The summed E-state index contributed by atoms with van der Waals surface area (Å²) < 4.78 is 28.7. The van der Waals surface area contributed by atoms with Gasteiger partial charge in [0.15, 0.2) is 0 Å². The second kappa shape index (κ2) is 6.94. The van der Waals surface area contributed by atoms with Crippen molar-refractivity contribution in [2.45, 2.75) is 23.1 Å². The quantitative estimate of drug-likeness (QED) is 0.672. The number of halogens is 1. The van der Waals surface area contributed by atoms with Crippen molar-refractivity contribution in [2.75, 3.05) is 11.9 Å². The van der Waals surface area contributed by atoms with Crippen LogP contribution < -0.4 is 5.32 Å². The van der Waals surface area contributed by atoms with E-state index in [-0.39, 0.29) is 10.1 Å². The molecular formula is C17H15ClN2O3S3. The summed E-state index contributed by atoms with van der Waals surface area (Å²) in [4.78, 5) is 12.7. The summed E-state index contributed by atoms with van der Waals surface area (Å²) in [5, 5.41) is 5.91. The molecule has 1 amide bonds. The van der Waals surface area contributed by atoms with E-state index in [0.29, 0.717) is 29.4 Å². The van der Waals surface area contributed by atoms with E-state index < -0.39 is 16.1 Å². The minimum Gasteiger partial charge on any atom is -0.325 e. The summed E-state index contributed by atoms with van der Waals surface area (Å²) in [6.45, 7) is 0.333. The lowest BCUT2D eigenvalue weighted by atomic mass is 10.2. The molecule has 1 saturated heterocycles. The number of thiophene rings is 2. The molecule has 5 nitrogen and oxygen atoms in total. The first-order valence-electron chi connectivity index (χ1n) is 8.00. The molecule has 0 spiro atoms. The molecule has 0 saturated carbocycles. The zero-order valence-corrected chi connectivity index (χ0v) is 16.7. The first-order valence-corrected chi connectivity index (χ1v) is 11.5. The predicted octanol–water partition coefficient (Wildman–Crippen LogP) is 4.41. The van der Waals surface area contributed by atoms with Gasteiger partial charge in [-0.2, -0.15) is 4.31 Å². The molecule has 1 aromatic carbocycles. The van der Waals surface area contributed by atoms with Crippen LogP contribution in [0.4, 0.5) is 5.69 Å². The highest BCUT2D eigenvalue weighted by Crippen LogP contribution is 2.33. The van der Waals surface area contributed by atoms with Gasteiger partial charge in [0.2, 0.25) is 5.91 Å². The largest absolute Gasteiger partial charge is 0.325 e. The van der Waals surface area contributed by atoms with E-state index in [1.54, 1.807) is 17.4 Å². The van der Waals surface area contributed by atoms with E-state index in [9.17, 15) is 13.2 Å². The molecule has 136 valence electrons. The van der Waals surface area contributed by atoms with E-state index >= 15 is 0 Å². The third-order valence-electron chi connectivity index (χ3n) is 4.34. The summed E-state index contributed by atoms with van der Waals surface area (Å²) in [5.74, 6) is -0.302. The maximum Gasteiger partial charge on any atom is 0.253 e. The van der Waals surface area contributed by atoms with Crippen molar-refractivity contribution in [3.63, 3.8) is 0 Å². The van der Waals surface area contributed by atoms with Gasteiger partial charge in [0, 0.05) is 16.9 Å². The van der Waals surface area contributed by atoms with Gasteiger partial charge in [-0.1, -0.05) is 11.6 Å². The average molecular weight is 427 g/mol. The molecule has 1 aliphatic heterocycles. The highest BCUT2D eigenvalue weighted by atomic mass is 35.5. The molecule has 1 aliphatic rings. The van der Waals surface area contributed by atoms with Gasteiger partial charge in [-0.25, -0.2) is 8.42 Å². The minimum absolute atomic E-state index is 0.168. The molecule has 1 atom stereocenters. The number of amides is 1. The fraction of sp³-hybridized carbons (Fsp3) is 0.235. The van der Waals surface area contributed by atoms with Gasteiger partial charge < -0.3 is 5.32 Å². The van der Waals surface area contributed by atoms with Gasteiger partial charge in [0.1, 0.15) is 10.3 Å². The summed E-state index contributed by atoms with van der Waals surface area (Å²) in [7, 11) is -3.72. The molecule has 26 heavy (non-hydrogen) atoms. The summed E-state index contributed by atoms with van der Waals surface area (Å²) in [6.07, 6.45) is 1.16. The second-order valence-electron chi connectivity index (χ2n) is 5.99. The van der Waals surface area contributed by atoms with Crippen LogP contribution in [0.3, 0.4) is 0 Å². The third-order valence-corrected chi connectivity index (χ3v) is 8.84. The van der Waals surface area contributed by atoms with Gasteiger partial charge in [-0.15, -0.1) is 22.7 Å². The maximum absolute atomic E-state index is 12.9. The molecule has 0 bridgehead atoms. The Bertz CT molecular complexity index is 1070. The normalized spacial score (nSPS) is 18.4. The molecule has 3 aromatic rings. The van der Waals surface area contributed by atoms with Gasteiger partial charge >= 0.3 is 0 Å². The van der Waals surface area contributed by atoms with Gasteiger partial charge in [-0.05, 0) is 60.0 Å². The fourth-order valence-corrected chi connectivity index (χ4v) is 7.15.